The van der Waals surface area contributed by atoms with Gasteiger partial charge in [0, 0.05) is 11.0 Å². The van der Waals surface area contributed by atoms with Gasteiger partial charge in [0.15, 0.2) is 11.5 Å². The zero-order valence-corrected chi connectivity index (χ0v) is 10.9. The van der Waals surface area contributed by atoms with Crippen LogP contribution in [0.2, 0.25) is 0 Å². The molecule has 0 aliphatic carbocycles. The van der Waals surface area contributed by atoms with Crippen LogP contribution in [0.15, 0.2) is 12.1 Å². The number of rotatable bonds is 5. The Morgan fingerprint density at radius 1 is 1.00 bits per heavy atom. The smallest absolute Gasteiger partial charge is 0.203 e. The number of carbonyl (C=O) groups excluding carboxylic acids is 1. The summed E-state index contributed by atoms with van der Waals surface area (Å²) >= 11 is 0. The molecule has 4 heteroatoms. The monoisotopic (exact) mass is 238 g/mol. The molecular weight excluding hydrogens is 220 g/mol. The summed E-state index contributed by atoms with van der Waals surface area (Å²) in [5, 5.41) is 0. The molecule has 1 aromatic rings. The fourth-order valence-electron chi connectivity index (χ4n) is 1.67. The first kappa shape index (κ1) is 13.4. The Balaban J connectivity index is 3.48. The van der Waals surface area contributed by atoms with E-state index < -0.39 is 5.41 Å². The molecule has 0 spiro atoms. The summed E-state index contributed by atoms with van der Waals surface area (Å²) in [5.74, 6) is 1.61. The molecule has 0 aliphatic heterocycles. The van der Waals surface area contributed by atoms with E-state index in [1.54, 1.807) is 20.3 Å². The minimum absolute atomic E-state index is 0.502. The number of benzene rings is 1. The molecule has 0 atom stereocenters. The van der Waals surface area contributed by atoms with Crippen LogP contribution in [-0.2, 0) is 10.2 Å². The van der Waals surface area contributed by atoms with E-state index in [0.717, 1.165) is 11.8 Å². The van der Waals surface area contributed by atoms with Crippen molar-refractivity contribution in [3.8, 4) is 17.2 Å². The lowest BCUT2D eigenvalue weighted by Crippen LogP contribution is -2.20. The quantitative estimate of drug-likeness (QED) is 0.738. The van der Waals surface area contributed by atoms with Crippen LogP contribution >= 0.6 is 0 Å². The summed E-state index contributed by atoms with van der Waals surface area (Å²) in [4.78, 5) is 11.1. The van der Waals surface area contributed by atoms with Crippen LogP contribution in [-0.4, -0.2) is 27.6 Å². The fourth-order valence-corrected chi connectivity index (χ4v) is 1.67. The van der Waals surface area contributed by atoms with E-state index in [4.69, 9.17) is 14.2 Å². The third-order valence-corrected chi connectivity index (χ3v) is 2.69. The Hall–Kier alpha value is -1.71. The van der Waals surface area contributed by atoms with E-state index in [9.17, 15) is 4.79 Å². The molecule has 0 amide bonds. The van der Waals surface area contributed by atoms with Gasteiger partial charge in [0.2, 0.25) is 5.75 Å². The molecule has 17 heavy (non-hydrogen) atoms. The second-order valence-electron chi connectivity index (χ2n) is 4.22. The fraction of sp³-hybridized carbons (Fsp3) is 0.462. The minimum atomic E-state index is -0.634. The Morgan fingerprint density at radius 3 is 2.00 bits per heavy atom. The van der Waals surface area contributed by atoms with Crippen molar-refractivity contribution in [1.29, 1.82) is 0 Å². The van der Waals surface area contributed by atoms with Crippen LogP contribution < -0.4 is 14.2 Å². The molecule has 0 bridgehead atoms. The van der Waals surface area contributed by atoms with E-state index in [2.05, 4.69) is 0 Å². The number of methoxy groups -OCH3 is 3. The van der Waals surface area contributed by atoms with Crippen molar-refractivity contribution in [3.63, 3.8) is 0 Å². The molecule has 1 aromatic carbocycles. The Morgan fingerprint density at radius 2 is 1.59 bits per heavy atom. The lowest BCUT2D eigenvalue weighted by molar-refractivity contribution is -0.111. The summed E-state index contributed by atoms with van der Waals surface area (Å²) in [7, 11) is 4.64. The van der Waals surface area contributed by atoms with Crippen LogP contribution in [0.1, 0.15) is 19.4 Å². The predicted molar refractivity (Wildman–Crippen MR) is 65.2 cm³/mol. The van der Waals surface area contributed by atoms with Gasteiger partial charge in [0.1, 0.15) is 6.29 Å². The van der Waals surface area contributed by atoms with Crippen molar-refractivity contribution < 1.29 is 19.0 Å². The third kappa shape index (κ3) is 2.35. The van der Waals surface area contributed by atoms with Gasteiger partial charge >= 0.3 is 0 Å². The van der Waals surface area contributed by atoms with E-state index in [1.165, 1.54) is 7.11 Å². The SMILES string of the molecule is COc1ccc(C(C)(C)C=O)c(OC)c1OC. The van der Waals surface area contributed by atoms with Gasteiger partial charge in [-0.1, -0.05) is 6.07 Å². The average Bonchev–Trinajstić information content (AvgIpc) is 2.36. The molecular formula is C13H18O4. The third-order valence-electron chi connectivity index (χ3n) is 2.69. The first-order chi connectivity index (χ1) is 8.01. The van der Waals surface area contributed by atoms with Gasteiger partial charge in [-0.25, -0.2) is 0 Å². The van der Waals surface area contributed by atoms with Gasteiger partial charge in [-0.05, 0) is 19.9 Å². The maximum atomic E-state index is 11.1. The highest BCUT2D eigenvalue weighted by molar-refractivity contribution is 5.72. The highest BCUT2D eigenvalue weighted by Gasteiger charge is 2.27. The van der Waals surface area contributed by atoms with E-state index in [1.807, 2.05) is 19.9 Å². The van der Waals surface area contributed by atoms with Gasteiger partial charge in [-0.3, -0.25) is 0 Å². The number of hydrogen-bond acceptors (Lipinski definition) is 4. The summed E-state index contributed by atoms with van der Waals surface area (Å²) in [6, 6.07) is 3.58. The van der Waals surface area contributed by atoms with E-state index in [0.29, 0.717) is 17.2 Å². The zero-order valence-electron chi connectivity index (χ0n) is 10.9. The maximum absolute atomic E-state index is 11.1. The molecule has 94 valence electrons. The first-order valence-electron chi connectivity index (χ1n) is 5.27. The molecule has 0 unspecified atom stereocenters. The topological polar surface area (TPSA) is 44.8 Å². The summed E-state index contributed by atoms with van der Waals surface area (Å²) in [6.45, 7) is 3.65. The second kappa shape index (κ2) is 5.08. The van der Waals surface area contributed by atoms with Gasteiger partial charge in [0.25, 0.3) is 0 Å². The largest absolute Gasteiger partial charge is 0.493 e. The number of hydrogen-bond donors (Lipinski definition) is 0. The average molecular weight is 238 g/mol. The van der Waals surface area contributed by atoms with Crippen LogP contribution in [0.3, 0.4) is 0 Å². The highest BCUT2D eigenvalue weighted by atomic mass is 16.5. The maximum Gasteiger partial charge on any atom is 0.203 e. The van der Waals surface area contributed by atoms with Crippen LogP contribution in [0.5, 0.6) is 17.2 Å². The van der Waals surface area contributed by atoms with Crippen molar-refractivity contribution in [1.82, 2.24) is 0 Å². The summed E-state index contributed by atoms with van der Waals surface area (Å²) in [6.07, 6.45) is 0.886. The standard InChI is InChI=1S/C13H18O4/c1-13(2,8-14)9-6-7-10(15-3)12(17-5)11(9)16-4/h6-8H,1-5H3. The molecule has 0 saturated heterocycles. The van der Waals surface area contributed by atoms with E-state index in [-0.39, 0.29) is 0 Å². The Labute approximate surface area is 101 Å². The van der Waals surface area contributed by atoms with Gasteiger partial charge < -0.3 is 19.0 Å². The van der Waals surface area contributed by atoms with Crippen molar-refractivity contribution in [3.05, 3.63) is 17.7 Å². The van der Waals surface area contributed by atoms with Crippen LogP contribution in [0.4, 0.5) is 0 Å². The minimum Gasteiger partial charge on any atom is -0.493 e. The lowest BCUT2D eigenvalue weighted by atomic mass is 9.85. The first-order valence-corrected chi connectivity index (χ1v) is 5.27. The molecule has 4 nitrogen and oxygen atoms in total. The number of carbonyl (C=O) groups is 1. The normalized spacial score (nSPS) is 10.9. The van der Waals surface area contributed by atoms with Crippen molar-refractivity contribution >= 4 is 6.29 Å². The van der Waals surface area contributed by atoms with Crippen molar-refractivity contribution in [2.24, 2.45) is 0 Å². The van der Waals surface area contributed by atoms with Crippen LogP contribution in [0.25, 0.3) is 0 Å². The van der Waals surface area contributed by atoms with Gasteiger partial charge in [0.05, 0.1) is 21.3 Å². The predicted octanol–water partition coefficient (Wildman–Crippen LogP) is 2.19. The molecule has 0 N–H and O–H groups in total. The summed E-state index contributed by atoms with van der Waals surface area (Å²) in [5.41, 5.74) is 0.137. The number of aldehydes is 1. The number of ether oxygens (including phenoxy) is 3. The molecule has 0 aliphatic rings. The molecule has 0 saturated carbocycles. The molecule has 0 radical (unpaired) electrons. The van der Waals surface area contributed by atoms with E-state index >= 15 is 0 Å². The van der Waals surface area contributed by atoms with Gasteiger partial charge in [-0.15, -0.1) is 0 Å². The molecule has 0 aromatic heterocycles. The molecule has 0 heterocycles. The summed E-state index contributed by atoms with van der Waals surface area (Å²) < 4.78 is 15.8. The van der Waals surface area contributed by atoms with Crippen LogP contribution in [0, 0.1) is 0 Å². The van der Waals surface area contributed by atoms with Crippen molar-refractivity contribution in [2.75, 3.05) is 21.3 Å². The highest BCUT2D eigenvalue weighted by Crippen LogP contribution is 2.43. The second-order valence-corrected chi connectivity index (χ2v) is 4.22. The molecule has 1 rings (SSSR count). The lowest BCUT2D eigenvalue weighted by Gasteiger charge is -2.23. The van der Waals surface area contributed by atoms with Gasteiger partial charge in [-0.2, -0.15) is 0 Å². The Kier molecular flexibility index (Phi) is 3.99. The Bertz CT molecular complexity index is 410. The molecule has 0 fully saturated rings. The van der Waals surface area contributed by atoms with Crippen molar-refractivity contribution in [2.45, 2.75) is 19.3 Å². The zero-order chi connectivity index (χ0) is 13.1.